The van der Waals surface area contributed by atoms with E-state index in [4.69, 9.17) is 4.42 Å². The zero-order valence-electron chi connectivity index (χ0n) is 14.9. The number of fused-ring (bicyclic) bond motifs is 1. The molecule has 1 N–H and O–H groups in total. The number of nitro benzene ring substituents is 1. The molecule has 0 unspecified atom stereocenters. The summed E-state index contributed by atoms with van der Waals surface area (Å²) in [6, 6.07) is 21.5. The van der Waals surface area contributed by atoms with E-state index in [0.29, 0.717) is 28.6 Å². The van der Waals surface area contributed by atoms with Crippen LogP contribution in [-0.2, 0) is 0 Å². The molecule has 0 radical (unpaired) electrons. The van der Waals surface area contributed by atoms with Gasteiger partial charge in [0.1, 0.15) is 5.82 Å². The lowest BCUT2D eigenvalue weighted by molar-refractivity contribution is -0.384. The van der Waals surface area contributed by atoms with Gasteiger partial charge in [0.05, 0.1) is 16.0 Å². The summed E-state index contributed by atoms with van der Waals surface area (Å²) in [4.78, 5) is 18.3. The molecule has 0 aliphatic heterocycles. The van der Waals surface area contributed by atoms with Crippen LogP contribution < -0.4 is 0 Å². The number of imidazole rings is 1. The molecular weight excluding hydrogens is 370 g/mol. The Balaban J connectivity index is 1.59. The molecule has 0 aliphatic rings. The molecule has 0 saturated carbocycles. The number of aromatic amines is 1. The molecule has 0 amide bonds. The van der Waals surface area contributed by atoms with Gasteiger partial charge in [-0.05, 0) is 24.3 Å². The van der Waals surface area contributed by atoms with Gasteiger partial charge in [0.2, 0.25) is 11.8 Å². The van der Waals surface area contributed by atoms with E-state index in [2.05, 4.69) is 20.2 Å². The maximum atomic E-state index is 11.0. The van der Waals surface area contributed by atoms with Crippen LogP contribution in [0.3, 0.4) is 0 Å². The minimum atomic E-state index is -0.433. The van der Waals surface area contributed by atoms with Crippen LogP contribution in [0.5, 0.6) is 0 Å². The third kappa shape index (κ3) is 3.02. The van der Waals surface area contributed by atoms with Crippen molar-refractivity contribution in [1.82, 2.24) is 20.2 Å². The highest BCUT2D eigenvalue weighted by Gasteiger charge is 2.17. The van der Waals surface area contributed by atoms with Gasteiger partial charge in [0.25, 0.3) is 5.69 Å². The Labute approximate surface area is 164 Å². The third-order valence-electron chi connectivity index (χ3n) is 4.53. The average Bonchev–Trinajstić information content (AvgIpc) is 3.41. The van der Waals surface area contributed by atoms with Crippen LogP contribution in [-0.4, -0.2) is 25.1 Å². The van der Waals surface area contributed by atoms with Crippen molar-refractivity contribution in [3.8, 4) is 34.3 Å². The van der Waals surface area contributed by atoms with Gasteiger partial charge < -0.3 is 9.40 Å². The molecule has 0 spiro atoms. The van der Waals surface area contributed by atoms with Crippen LogP contribution >= 0.6 is 0 Å². The van der Waals surface area contributed by atoms with Crippen molar-refractivity contribution < 1.29 is 9.34 Å². The molecule has 5 aromatic rings. The summed E-state index contributed by atoms with van der Waals surface area (Å²) in [7, 11) is 0. The standard InChI is InChI=1S/C21H13N5O3/c27-26(28)14-10-11-17-18(12-14)23-19(22-17)15-8-4-5-9-16(15)21-25-24-20(29-21)13-6-2-1-3-7-13/h1-12H,(H,22,23). The second-order valence-corrected chi connectivity index (χ2v) is 6.37. The molecule has 140 valence electrons. The molecule has 3 aromatic carbocycles. The number of rotatable bonds is 4. The number of aromatic nitrogens is 4. The smallest absolute Gasteiger partial charge is 0.271 e. The second kappa shape index (κ2) is 6.68. The zero-order chi connectivity index (χ0) is 19.8. The molecule has 8 nitrogen and oxygen atoms in total. The van der Waals surface area contributed by atoms with Crippen molar-refractivity contribution in [2.45, 2.75) is 0 Å². The highest BCUT2D eigenvalue weighted by atomic mass is 16.6. The number of H-pyrrole nitrogens is 1. The Morgan fingerprint density at radius 2 is 1.59 bits per heavy atom. The summed E-state index contributed by atoms with van der Waals surface area (Å²) in [6.45, 7) is 0. The molecule has 2 aromatic heterocycles. The van der Waals surface area contributed by atoms with Gasteiger partial charge in [0, 0.05) is 28.8 Å². The third-order valence-corrected chi connectivity index (χ3v) is 4.53. The monoisotopic (exact) mass is 383 g/mol. The molecule has 0 bridgehead atoms. The Bertz CT molecular complexity index is 1340. The van der Waals surface area contributed by atoms with Crippen molar-refractivity contribution >= 4 is 16.7 Å². The summed E-state index contributed by atoms with van der Waals surface area (Å²) >= 11 is 0. The first-order valence-electron chi connectivity index (χ1n) is 8.82. The molecule has 5 rings (SSSR count). The van der Waals surface area contributed by atoms with E-state index in [1.807, 2.05) is 54.6 Å². The van der Waals surface area contributed by atoms with Crippen LogP contribution in [0.15, 0.2) is 77.2 Å². The molecule has 29 heavy (non-hydrogen) atoms. The molecule has 0 fully saturated rings. The van der Waals surface area contributed by atoms with Crippen LogP contribution in [0.2, 0.25) is 0 Å². The van der Waals surface area contributed by atoms with Crippen LogP contribution in [0.1, 0.15) is 0 Å². The number of nitrogens with one attached hydrogen (secondary N) is 1. The topological polar surface area (TPSA) is 111 Å². The minimum absolute atomic E-state index is 0.00499. The first kappa shape index (κ1) is 16.8. The predicted octanol–water partition coefficient (Wildman–Crippen LogP) is 4.86. The number of hydrogen-bond donors (Lipinski definition) is 1. The summed E-state index contributed by atoms with van der Waals surface area (Å²) in [5.41, 5.74) is 3.53. The quantitative estimate of drug-likeness (QED) is 0.351. The van der Waals surface area contributed by atoms with Gasteiger partial charge in [-0.3, -0.25) is 10.1 Å². The van der Waals surface area contributed by atoms with E-state index in [-0.39, 0.29) is 5.69 Å². The second-order valence-electron chi connectivity index (χ2n) is 6.37. The lowest BCUT2D eigenvalue weighted by atomic mass is 10.1. The maximum absolute atomic E-state index is 11.0. The van der Waals surface area contributed by atoms with Crippen molar-refractivity contribution in [2.24, 2.45) is 0 Å². The minimum Gasteiger partial charge on any atom is -0.416 e. The Hall–Kier alpha value is -4.33. The van der Waals surface area contributed by atoms with Gasteiger partial charge >= 0.3 is 0 Å². The van der Waals surface area contributed by atoms with E-state index in [1.54, 1.807) is 6.07 Å². The summed E-state index contributed by atoms with van der Waals surface area (Å²) in [5, 5.41) is 19.4. The molecule has 0 atom stereocenters. The first-order chi connectivity index (χ1) is 14.2. The van der Waals surface area contributed by atoms with E-state index >= 15 is 0 Å². The van der Waals surface area contributed by atoms with Crippen LogP contribution in [0, 0.1) is 10.1 Å². The first-order valence-corrected chi connectivity index (χ1v) is 8.82. The number of hydrogen-bond acceptors (Lipinski definition) is 6. The van der Waals surface area contributed by atoms with Gasteiger partial charge in [-0.1, -0.05) is 36.4 Å². The van der Waals surface area contributed by atoms with Gasteiger partial charge in [-0.15, -0.1) is 10.2 Å². The Kier molecular flexibility index (Phi) is 3.87. The summed E-state index contributed by atoms with van der Waals surface area (Å²) < 4.78 is 5.89. The highest BCUT2D eigenvalue weighted by Crippen LogP contribution is 2.32. The van der Waals surface area contributed by atoms with Gasteiger partial charge in [-0.2, -0.15) is 0 Å². The largest absolute Gasteiger partial charge is 0.416 e. The summed E-state index contributed by atoms with van der Waals surface area (Å²) in [5.74, 6) is 1.36. The van der Waals surface area contributed by atoms with Crippen LogP contribution in [0.25, 0.3) is 45.3 Å². The molecule has 2 heterocycles. The zero-order valence-corrected chi connectivity index (χ0v) is 14.9. The van der Waals surface area contributed by atoms with Crippen molar-refractivity contribution in [1.29, 1.82) is 0 Å². The predicted molar refractivity (Wildman–Crippen MR) is 107 cm³/mol. The maximum Gasteiger partial charge on any atom is 0.271 e. The van der Waals surface area contributed by atoms with E-state index in [1.165, 1.54) is 12.1 Å². The number of nitrogens with zero attached hydrogens (tertiary/aromatic N) is 4. The van der Waals surface area contributed by atoms with Crippen LogP contribution in [0.4, 0.5) is 5.69 Å². The highest BCUT2D eigenvalue weighted by molar-refractivity contribution is 5.85. The fourth-order valence-electron chi connectivity index (χ4n) is 3.14. The van der Waals surface area contributed by atoms with Gasteiger partial charge in [0.15, 0.2) is 0 Å². The van der Waals surface area contributed by atoms with E-state index in [0.717, 1.165) is 16.7 Å². The average molecular weight is 383 g/mol. The normalized spacial score (nSPS) is 11.0. The molecular formula is C21H13N5O3. The molecule has 8 heteroatoms. The molecule has 0 saturated heterocycles. The van der Waals surface area contributed by atoms with Crippen molar-refractivity contribution in [3.05, 3.63) is 82.9 Å². The number of benzene rings is 3. The lowest BCUT2D eigenvalue weighted by Crippen LogP contribution is -1.87. The van der Waals surface area contributed by atoms with Gasteiger partial charge in [-0.25, -0.2) is 4.98 Å². The lowest BCUT2D eigenvalue weighted by Gasteiger charge is -2.02. The molecule has 0 aliphatic carbocycles. The Morgan fingerprint density at radius 3 is 2.38 bits per heavy atom. The van der Waals surface area contributed by atoms with Crippen molar-refractivity contribution in [2.75, 3.05) is 0 Å². The fraction of sp³-hybridized carbons (Fsp3) is 0. The fourth-order valence-corrected chi connectivity index (χ4v) is 3.14. The van der Waals surface area contributed by atoms with E-state index < -0.39 is 4.92 Å². The SMILES string of the molecule is O=[N+]([O-])c1ccc2nc(-c3ccccc3-c3nnc(-c4ccccc4)o3)[nH]c2c1. The van der Waals surface area contributed by atoms with E-state index in [9.17, 15) is 10.1 Å². The summed E-state index contributed by atoms with van der Waals surface area (Å²) in [6.07, 6.45) is 0. The van der Waals surface area contributed by atoms with Crippen molar-refractivity contribution in [3.63, 3.8) is 0 Å². The Morgan fingerprint density at radius 1 is 0.862 bits per heavy atom. The number of nitro groups is 1. The number of non-ortho nitro benzene ring substituents is 1.